The Kier molecular flexibility index (Phi) is 7.30. The highest BCUT2D eigenvalue weighted by Crippen LogP contribution is 2.34. The summed E-state index contributed by atoms with van der Waals surface area (Å²) in [4.78, 5) is 39.3. The average Bonchev–Trinajstić information content (AvgIpc) is 2.83. The second kappa shape index (κ2) is 10.0. The van der Waals surface area contributed by atoms with Crippen molar-refractivity contribution >= 4 is 45.3 Å². The molecule has 1 N–H and O–H groups in total. The van der Waals surface area contributed by atoms with Crippen molar-refractivity contribution in [2.24, 2.45) is 11.8 Å². The van der Waals surface area contributed by atoms with Crippen LogP contribution in [0.3, 0.4) is 0 Å². The van der Waals surface area contributed by atoms with Gasteiger partial charge in [-0.2, -0.15) is 4.31 Å². The Hall–Kier alpha value is -2.11. The van der Waals surface area contributed by atoms with Crippen LogP contribution in [0.4, 0.5) is 5.69 Å². The maximum Gasteiger partial charge on any atom is 0.309 e. The Bertz CT molecular complexity index is 1030. The number of piperidine rings is 2. The number of anilines is 1. The van der Waals surface area contributed by atoms with Gasteiger partial charge in [-0.3, -0.25) is 14.4 Å². The monoisotopic (exact) mass is 495 g/mol. The van der Waals surface area contributed by atoms with Gasteiger partial charge in [-0.05, 0) is 50.8 Å². The van der Waals surface area contributed by atoms with E-state index in [0.717, 1.165) is 4.90 Å². The van der Waals surface area contributed by atoms with Crippen LogP contribution in [0.1, 0.15) is 32.6 Å². The number of hydrogen-bond donors (Lipinski definition) is 1. The molecule has 0 spiro atoms. The number of benzene rings is 1. The summed E-state index contributed by atoms with van der Waals surface area (Å²) in [5, 5.41) is 2.73. The molecule has 2 fully saturated rings. The summed E-state index contributed by atoms with van der Waals surface area (Å²) < 4.78 is 32.8. The fourth-order valence-corrected chi connectivity index (χ4v) is 6.85. The number of carbonyl (C=O) groups excluding carboxylic acids is 3. The second-order valence-electron chi connectivity index (χ2n) is 8.52. The first-order valence-corrected chi connectivity index (χ1v) is 13.7. The summed E-state index contributed by atoms with van der Waals surface area (Å²) in [6.07, 6.45) is 2.14. The molecular weight excluding hydrogens is 466 g/mol. The molecular formula is C22H29N3O6S2. The van der Waals surface area contributed by atoms with Crippen LogP contribution in [-0.4, -0.2) is 73.9 Å². The van der Waals surface area contributed by atoms with Crippen molar-refractivity contribution in [3.63, 3.8) is 0 Å². The van der Waals surface area contributed by atoms with Gasteiger partial charge in [0.1, 0.15) is 0 Å². The highest BCUT2D eigenvalue weighted by Gasteiger charge is 2.36. The van der Waals surface area contributed by atoms with E-state index >= 15 is 0 Å². The molecule has 0 atom stereocenters. The number of ether oxygens (including phenoxy) is 1. The van der Waals surface area contributed by atoms with Crippen molar-refractivity contribution < 1.29 is 27.5 Å². The van der Waals surface area contributed by atoms with Gasteiger partial charge in [0.2, 0.25) is 21.8 Å². The van der Waals surface area contributed by atoms with Crippen LogP contribution in [-0.2, 0) is 29.1 Å². The molecule has 3 aliphatic rings. The Morgan fingerprint density at radius 1 is 1.09 bits per heavy atom. The minimum absolute atomic E-state index is 0.0443. The third kappa shape index (κ3) is 5.20. The van der Waals surface area contributed by atoms with Crippen LogP contribution >= 0.6 is 11.8 Å². The summed E-state index contributed by atoms with van der Waals surface area (Å²) in [7, 11) is -3.71. The Morgan fingerprint density at radius 2 is 1.76 bits per heavy atom. The van der Waals surface area contributed by atoms with Crippen molar-refractivity contribution in [1.29, 1.82) is 0 Å². The summed E-state index contributed by atoms with van der Waals surface area (Å²) in [6, 6.07) is 4.81. The zero-order valence-corrected chi connectivity index (χ0v) is 20.3. The first kappa shape index (κ1) is 24.0. The molecule has 11 heteroatoms. The zero-order chi connectivity index (χ0) is 23.6. The number of thioether (sulfide) groups is 1. The lowest BCUT2D eigenvalue weighted by Crippen LogP contribution is -2.47. The molecule has 0 radical (unpaired) electrons. The van der Waals surface area contributed by atoms with E-state index in [-0.39, 0.29) is 47.6 Å². The predicted octanol–water partition coefficient (Wildman–Crippen LogP) is 1.93. The summed E-state index contributed by atoms with van der Waals surface area (Å²) in [5.74, 6) is -0.337. The van der Waals surface area contributed by atoms with Crippen molar-refractivity contribution in [2.75, 3.05) is 43.9 Å². The smallest absolute Gasteiger partial charge is 0.309 e. The van der Waals surface area contributed by atoms with Gasteiger partial charge in [-0.1, -0.05) is 0 Å². The molecule has 2 amide bonds. The van der Waals surface area contributed by atoms with Gasteiger partial charge in [0.05, 0.1) is 28.9 Å². The van der Waals surface area contributed by atoms with Gasteiger partial charge in [-0.15, -0.1) is 11.8 Å². The molecule has 0 bridgehead atoms. The van der Waals surface area contributed by atoms with Crippen molar-refractivity contribution in [1.82, 2.24) is 9.21 Å². The highest BCUT2D eigenvalue weighted by molar-refractivity contribution is 8.00. The van der Waals surface area contributed by atoms with E-state index in [4.69, 9.17) is 4.74 Å². The minimum atomic E-state index is -3.71. The Labute approximate surface area is 198 Å². The molecule has 0 unspecified atom stereocenters. The van der Waals surface area contributed by atoms with Crippen molar-refractivity contribution in [3.05, 3.63) is 18.2 Å². The lowest BCUT2D eigenvalue weighted by molar-refractivity contribution is -0.152. The van der Waals surface area contributed by atoms with E-state index < -0.39 is 10.0 Å². The number of hydrogen-bond acceptors (Lipinski definition) is 7. The van der Waals surface area contributed by atoms with Gasteiger partial charge in [0, 0.05) is 37.0 Å². The van der Waals surface area contributed by atoms with Gasteiger partial charge < -0.3 is 15.0 Å². The molecule has 33 heavy (non-hydrogen) atoms. The minimum Gasteiger partial charge on any atom is -0.466 e. The lowest BCUT2D eigenvalue weighted by Gasteiger charge is -2.36. The van der Waals surface area contributed by atoms with Crippen LogP contribution in [0.15, 0.2) is 28.0 Å². The SMILES string of the molecule is CCOC(=O)C1CCN(C(=O)C2CCN(S(=O)(=O)c3ccc4c(c3)NC(=O)CS4)CC2)CC1. The molecule has 0 saturated carbocycles. The number of likely N-dealkylation sites (tertiary alicyclic amines) is 1. The standard InChI is InChI=1S/C22H29N3O6S2/c1-2-31-22(28)16-5-9-24(10-6-16)21(27)15-7-11-25(12-8-15)33(29,30)17-3-4-19-18(13-17)23-20(26)14-32-19/h3-4,13,15-16H,2,5-12,14H2,1H3,(H,23,26). The molecule has 180 valence electrons. The molecule has 4 rings (SSSR count). The Morgan fingerprint density at radius 3 is 2.42 bits per heavy atom. The summed E-state index contributed by atoms with van der Waals surface area (Å²) >= 11 is 1.38. The highest BCUT2D eigenvalue weighted by atomic mass is 32.2. The van der Waals surface area contributed by atoms with E-state index in [1.807, 2.05) is 0 Å². The third-order valence-electron chi connectivity index (χ3n) is 6.45. The van der Waals surface area contributed by atoms with E-state index in [1.54, 1.807) is 24.0 Å². The molecule has 0 aliphatic carbocycles. The number of fused-ring (bicyclic) bond motifs is 1. The molecule has 0 aromatic heterocycles. The average molecular weight is 496 g/mol. The molecule has 1 aromatic rings. The fraction of sp³-hybridized carbons (Fsp3) is 0.591. The van der Waals surface area contributed by atoms with Crippen LogP contribution in [0, 0.1) is 11.8 Å². The molecule has 3 heterocycles. The van der Waals surface area contributed by atoms with Gasteiger partial charge >= 0.3 is 5.97 Å². The van der Waals surface area contributed by atoms with Crippen LogP contribution in [0.5, 0.6) is 0 Å². The molecule has 1 aromatic carbocycles. The first-order valence-electron chi connectivity index (χ1n) is 11.3. The molecule has 3 aliphatic heterocycles. The number of amides is 2. The Balaban J connectivity index is 1.33. The third-order valence-corrected chi connectivity index (χ3v) is 9.42. The summed E-state index contributed by atoms with van der Waals surface area (Å²) in [5.41, 5.74) is 0.522. The van der Waals surface area contributed by atoms with Crippen molar-refractivity contribution in [2.45, 2.75) is 42.4 Å². The largest absolute Gasteiger partial charge is 0.466 e. The zero-order valence-electron chi connectivity index (χ0n) is 18.6. The van der Waals surface area contributed by atoms with E-state index in [2.05, 4.69) is 5.32 Å². The van der Waals surface area contributed by atoms with Crippen molar-refractivity contribution in [3.8, 4) is 0 Å². The topological polar surface area (TPSA) is 113 Å². The second-order valence-corrected chi connectivity index (χ2v) is 11.5. The molecule has 9 nitrogen and oxygen atoms in total. The van der Waals surface area contributed by atoms with Gasteiger partial charge in [0.15, 0.2) is 0 Å². The summed E-state index contributed by atoms with van der Waals surface area (Å²) in [6.45, 7) is 3.75. The lowest BCUT2D eigenvalue weighted by atomic mass is 9.92. The van der Waals surface area contributed by atoms with Gasteiger partial charge in [-0.25, -0.2) is 8.42 Å². The fourth-order valence-electron chi connectivity index (χ4n) is 4.57. The number of esters is 1. The number of carbonyl (C=O) groups is 3. The van der Waals surface area contributed by atoms with E-state index in [1.165, 1.54) is 22.1 Å². The van der Waals surface area contributed by atoms with Gasteiger partial charge in [0.25, 0.3) is 0 Å². The van der Waals surface area contributed by atoms with Crippen LogP contribution in [0.25, 0.3) is 0 Å². The van der Waals surface area contributed by atoms with Crippen LogP contribution in [0.2, 0.25) is 0 Å². The number of rotatable bonds is 5. The normalized spacial score (nSPS) is 20.8. The predicted molar refractivity (Wildman–Crippen MR) is 123 cm³/mol. The number of sulfonamides is 1. The molecule has 2 saturated heterocycles. The number of nitrogens with zero attached hydrogens (tertiary/aromatic N) is 2. The maximum absolute atomic E-state index is 13.2. The van der Waals surface area contributed by atoms with Crippen LogP contribution < -0.4 is 5.32 Å². The number of nitrogens with one attached hydrogen (secondary N) is 1. The van der Waals surface area contributed by atoms with E-state index in [9.17, 15) is 22.8 Å². The maximum atomic E-state index is 13.2. The quantitative estimate of drug-likeness (QED) is 0.621. The first-order chi connectivity index (χ1) is 15.8. The van der Waals surface area contributed by atoms with E-state index in [0.29, 0.717) is 56.8 Å².